The third kappa shape index (κ3) is 1.29. The Morgan fingerprint density at radius 2 is 2.31 bits per heavy atom. The highest BCUT2D eigenvalue weighted by molar-refractivity contribution is 5.87. The van der Waals surface area contributed by atoms with Crippen LogP contribution < -0.4 is 0 Å². The maximum Gasteiger partial charge on any atom is 0.309 e. The molecule has 2 rings (SSSR count). The molecule has 0 aromatic carbocycles. The number of hydrogen-bond acceptors (Lipinski definition) is 3. The highest BCUT2D eigenvalue weighted by Crippen LogP contribution is 2.50. The van der Waals surface area contributed by atoms with Gasteiger partial charge in [0.15, 0.2) is 0 Å². The fourth-order valence-electron chi connectivity index (χ4n) is 2.66. The van der Waals surface area contributed by atoms with Crippen molar-refractivity contribution in [3.63, 3.8) is 0 Å². The SMILES string of the molecule is C=C[C@H]1[C@H](C(=O)OC)[C@H]2C=CN(C)C(=O)[C@H]21. The number of nitrogens with zero attached hydrogens (tertiary/aromatic N) is 1. The molecule has 1 aliphatic carbocycles. The van der Waals surface area contributed by atoms with E-state index in [4.69, 9.17) is 4.74 Å². The first-order valence-corrected chi connectivity index (χ1v) is 5.27. The minimum atomic E-state index is -0.256. The van der Waals surface area contributed by atoms with E-state index in [1.807, 2.05) is 6.08 Å². The van der Waals surface area contributed by atoms with Crippen molar-refractivity contribution in [2.24, 2.45) is 23.7 Å². The molecule has 2 aliphatic rings. The number of fused-ring (bicyclic) bond motifs is 1. The highest BCUT2D eigenvalue weighted by atomic mass is 16.5. The zero-order valence-corrected chi connectivity index (χ0v) is 9.42. The van der Waals surface area contributed by atoms with Crippen LogP contribution in [-0.2, 0) is 14.3 Å². The molecule has 1 aliphatic heterocycles. The number of rotatable bonds is 2. The molecule has 1 amide bonds. The van der Waals surface area contributed by atoms with E-state index in [0.717, 1.165) is 0 Å². The third-order valence-electron chi connectivity index (χ3n) is 3.57. The molecule has 0 bridgehead atoms. The van der Waals surface area contributed by atoms with Crippen LogP contribution in [0, 0.1) is 23.7 Å². The number of allylic oxidation sites excluding steroid dienone is 2. The van der Waals surface area contributed by atoms with E-state index >= 15 is 0 Å². The van der Waals surface area contributed by atoms with Crippen LogP contribution in [0.4, 0.5) is 0 Å². The Kier molecular flexibility index (Phi) is 2.58. The second kappa shape index (κ2) is 3.77. The Balaban J connectivity index is 2.27. The monoisotopic (exact) mass is 221 g/mol. The molecular formula is C12H15NO3. The fraction of sp³-hybridized carbons (Fsp3) is 0.500. The average molecular weight is 221 g/mol. The normalized spacial score (nSPS) is 36.4. The van der Waals surface area contributed by atoms with Gasteiger partial charge >= 0.3 is 5.97 Å². The Bertz CT molecular complexity index is 374. The van der Waals surface area contributed by atoms with E-state index in [1.54, 1.807) is 24.2 Å². The van der Waals surface area contributed by atoms with Gasteiger partial charge in [0.05, 0.1) is 18.9 Å². The van der Waals surface area contributed by atoms with Gasteiger partial charge in [-0.05, 0) is 0 Å². The molecule has 4 atom stereocenters. The molecule has 86 valence electrons. The minimum absolute atomic E-state index is 0.0286. The Hall–Kier alpha value is -1.58. The topological polar surface area (TPSA) is 46.6 Å². The van der Waals surface area contributed by atoms with E-state index in [2.05, 4.69) is 6.58 Å². The van der Waals surface area contributed by atoms with Gasteiger partial charge in [0, 0.05) is 25.1 Å². The van der Waals surface area contributed by atoms with Crippen LogP contribution in [0.2, 0.25) is 0 Å². The molecule has 1 fully saturated rings. The lowest BCUT2D eigenvalue weighted by Crippen LogP contribution is -2.57. The second-order valence-electron chi connectivity index (χ2n) is 4.26. The number of carbonyl (C=O) groups is 2. The first kappa shape index (κ1) is 10.9. The van der Waals surface area contributed by atoms with E-state index in [0.29, 0.717) is 0 Å². The number of methoxy groups -OCH3 is 1. The molecule has 4 heteroatoms. The smallest absolute Gasteiger partial charge is 0.309 e. The standard InChI is InChI=1S/C12H15NO3/c1-4-7-9-8(10(7)12(15)16-3)5-6-13(2)11(9)14/h4-10H,1H2,2-3H3/t7-,8+,9+,10+/m1/s1. The predicted molar refractivity (Wildman–Crippen MR) is 58.1 cm³/mol. The van der Waals surface area contributed by atoms with Gasteiger partial charge in [-0.15, -0.1) is 6.58 Å². The first-order valence-electron chi connectivity index (χ1n) is 5.27. The van der Waals surface area contributed by atoms with Crippen molar-refractivity contribution in [1.82, 2.24) is 4.90 Å². The minimum Gasteiger partial charge on any atom is -0.469 e. The van der Waals surface area contributed by atoms with Crippen LogP contribution in [0.5, 0.6) is 0 Å². The zero-order valence-electron chi connectivity index (χ0n) is 9.42. The number of carbonyl (C=O) groups excluding carboxylic acids is 2. The van der Waals surface area contributed by atoms with Crippen LogP contribution in [0.25, 0.3) is 0 Å². The summed E-state index contributed by atoms with van der Waals surface area (Å²) in [6.07, 6.45) is 5.32. The van der Waals surface area contributed by atoms with Gasteiger partial charge in [-0.2, -0.15) is 0 Å². The van der Waals surface area contributed by atoms with Crippen molar-refractivity contribution in [3.8, 4) is 0 Å². The van der Waals surface area contributed by atoms with Gasteiger partial charge < -0.3 is 9.64 Å². The van der Waals surface area contributed by atoms with Gasteiger partial charge in [-0.3, -0.25) is 9.59 Å². The number of ether oxygens (including phenoxy) is 1. The van der Waals surface area contributed by atoms with Gasteiger partial charge in [0.25, 0.3) is 0 Å². The van der Waals surface area contributed by atoms with Crippen molar-refractivity contribution < 1.29 is 14.3 Å². The molecule has 0 N–H and O–H groups in total. The van der Waals surface area contributed by atoms with Crippen LogP contribution in [-0.4, -0.2) is 30.9 Å². The summed E-state index contributed by atoms with van der Waals surface area (Å²) >= 11 is 0. The van der Waals surface area contributed by atoms with E-state index in [1.165, 1.54) is 7.11 Å². The zero-order chi connectivity index (χ0) is 11.9. The van der Waals surface area contributed by atoms with Crippen molar-refractivity contribution in [2.75, 3.05) is 14.2 Å². The lowest BCUT2D eigenvalue weighted by molar-refractivity contribution is -0.163. The molecule has 0 spiro atoms. The van der Waals surface area contributed by atoms with Crippen LogP contribution in [0.1, 0.15) is 0 Å². The molecule has 0 aromatic rings. The Labute approximate surface area is 94.6 Å². The summed E-state index contributed by atoms with van der Waals surface area (Å²) in [6, 6.07) is 0. The first-order chi connectivity index (χ1) is 7.61. The molecular weight excluding hydrogens is 206 g/mol. The molecule has 16 heavy (non-hydrogen) atoms. The van der Waals surface area contributed by atoms with Crippen LogP contribution >= 0.6 is 0 Å². The molecule has 0 radical (unpaired) electrons. The Morgan fingerprint density at radius 1 is 1.62 bits per heavy atom. The van der Waals surface area contributed by atoms with Crippen molar-refractivity contribution in [3.05, 3.63) is 24.9 Å². The van der Waals surface area contributed by atoms with Gasteiger partial charge in [0.2, 0.25) is 5.91 Å². The largest absolute Gasteiger partial charge is 0.469 e. The number of amides is 1. The van der Waals surface area contributed by atoms with Gasteiger partial charge in [-0.25, -0.2) is 0 Å². The molecule has 0 unspecified atom stereocenters. The summed E-state index contributed by atoms with van der Waals surface area (Å²) in [5.74, 6) is -0.722. The molecule has 1 saturated carbocycles. The lowest BCUT2D eigenvalue weighted by atomic mass is 9.55. The quantitative estimate of drug-likeness (QED) is 0.512. The summed E-state index contributed by atoms with van der Waals surface area (Å²) in [4.78, 5) is 25.0. The fourth-order valence-corrected chi connectivity index (χ4v) is 2.66. The number of hydrogen-bond donors (Lipinski definition) is 0. The lowest BCUT2D eigenvalue weighted by Gasteiger charge is -2.49. The van der Waals surface area contributed by atoms with Crippen LogP contribution in [0.3, 0.4) is 0 Å². The third-order valence-corrected chi connectivity index (χ3v) is 3.57. The van der Waals surface area contributed by atoms with E-state index < -0.39 is 0 Å². The summed E-state index contributed by atoms with van der Waals surface area (Å²) in [7, 11) is 3.09. The molecule has 0 aromatic heterocycles. The average Bonchev–Trinajstić information content (AvgIpc) is 2.25. The maximum atomic E-state index is 11.9. The van der Waals surface area contributed by atoms with E-state index in [9.17, 15) is 9.59 Å². The van der Waals surface area contributed by atoms with Gasteiger partial charge in [-0.1, -0.05) is 12.2 Å². The second-order valence-corrected chi connectivity index (χ2v) is 4.26. The number of esters is 1. The summed E-state index contributed by atoms with van der Waals surface area (Å²) in [5, 5.41) is 0. The molecule has 4 nitrogen and oxygen atoms in total. The maximum absolute atomic E-state index is 11.9. The molecule has 1 heterocycles. The summed E-state index contributed by atoms with van der Waals surface area (Å²) < 4.78 is 4.75. The predicted octanol–water partition coefficient (Wildman–Crippen LogP) is 0.809. The van der Waals surface area contributed by atoms with Crippen molar-refractivity contribution in [2.45, 2.75) is 0 Å². The van der Waals surface area contributed by atoms with Crippen LogP contribution in [0.15, 0.2) is 24.9 Å². The van der Waals surface area contributed by atoms with Crippen molar-refractivity contribution >= 4 is 11.9 Å². The van der Waals surface area contributed by atoms with Gasteiger partial charge in [0.1, 0.15) is 0 Å². The van der Waals surface area contributed by atoms with Crippen molar-refractivity contribution in [1.29, 1.82) is 0 Å². The highest BCUT2D eigenvalue weighted by Gasteiger charge is 2.56. The summed E-state index contributed by atoms with van der Waals surface area (Å²) in [6.45, 7) is 3.70. The Morgan fingerprint density at radius 3 is 2.88 bits per heavy atom. The van der Waals surface area contributed by atoms with E-state index in [-0.39, 0.29) is 35.5 Å². The molecule has 0 saturated heterocycles. The summed E-state index contributed by atoms with van der Waals surface area (Å²) in [5.41, 5.74) is 0.